The third-order valence-electron chi connectivity index (χ3n) is 3.23. The Hall–Kier alpha value is -0.490. The van der Waals surface area contributed by atoms with Crippen LogP contribution in [0.2, 0.25) is 0 Å². The normalized spacial score (nSPS) is 19.8. The molecule has 1 aromatic carbocycles. The Labute approximate surface area is 125 Å². The molecule has 0 radical (unpaired) electrons. The number of halogens is 1. The average Bonchev–Trinajstić information content (AvgIpc) is 2.93. The van der Waals surface area contributed by atoms with Crippen LogP contribution in [0.3, 0.4) is 0 Å². The summed E-state index contributed by atoms with van der Waals surface area (Å²) in [5.41, 5.74) is 2.19. The third-order valence-corrected chi connectivity index (χ3v) is 5.56. The number of rotatable bonds is 2. The van der Waals surface area contributed by atoms with Crippen molar-refractivity contribution in [3.05, 3.63) is 33.7 Å². The van der Waals surface area contributed by atoms with Crippen molar-refractivity contribution < 1.29 is 0 Å². The molecule has 0 aliphatic carbocycles. The second kappa shape index (κ2) is 4.89. The van der Waals surface area contributed by atoms with Gasteiger partial charge in [-0.15, -0.1) is 11.8 Å². The first-order valence-electron chi connectivity index (χ1n) is 6.16. The molecule has 2 heterocycles. The Morgan fingerprint density at radius 1 is 1.44 bits per heavy atom. The largest absolute Gasteiger partial charge is 0.337 e. The quantitative estimate of drug-likeness (QED) is 0.779. The van der Waals surface area contributed by atoms with Gasteiger partial charge in [-0.3, -0.25) is 0 Å². The van der Waals surface area contributed by atoms with Crippen LogP contribution in [-0.4, -0.2) is 15.2 Å². The highest BCUT2D eigenvalue weighted by molar-refractivity contribution is 14.1. The molecule has 0 fully saturated rings. The van der Waals surface area contributed by atoms with Crippen LogP contribution in [0.1, 0.15) is 26.1 Å². The maximum absolute atomic E-state index is 4.68. The number of aromatic nitrogens is 2. The van der Waals surface area contributed by atoms with E-state index < -0.39 is 0 Å². The van der Waals surface area contributed by atoms with Crippen molar-refractivity contribution in [3.63, 3.8) is 0 Å². The monoisotopic (exact) mass is 370 g/mol. The smallest absolute Gasteiger partial charge is 0.144 e. The SMILES string of the molecule is CC(C)C1CC=C(c2nc3ccc(I)cc3[nH]2)S1. The van der Waals surface area contributed by atoms with E-state index in [0.29, 0.717) is 11.2 Å². The second-order valence-corrected chi connectivity index (χ2v) is 7.48. The summed E-state index contributed by atoms with van der Waals surface area (Å²) in [6.07, 6.45) is 3.48. The Balaban J connectivity index is 1.92. The Bertz CT molecular complexity index is 615. The third kappa shape index (κ3) is 2.32. The highest BCUT2D eigenvalue weighted by Crippen LogP contribution is 2.41. The highest BCUT2D eigenvalue weighted by Gasteiger charge is 2.23. The number of allylic oxidation sites excluding steroid dienone is 1. The summed E-state index contributed by atoms with van der Waals surface area (Å²) in [6, 6.07) is 6.32. The lowest BCUT2D eigenvalue weighted by molar-refractivity contribution is 0.618. The van der Waals surface area contributed by atoms with E-state index in [9.17, 15) is 0 Å². The summed E-state index contributed by atoms with van der Waals surface area (Å²) < 4.78 is 1.24. The van der Waals surface area contributed by atoms with Crippen molar-refractivity contribution in [1.82, 2.24) is 9.97 Å². The molecule has 3 rings (SSSR count). The van der Waals surface area contributed by atoms with Gasteiger partial charge in [-0.1, -0.05) is 19.9 Å². The number of nitrogens with zero attached hydrogens (tertiary/aromatic N) is 1. The van der Waals surface area contributed by atoms with Gasteiger partial charge in [0.05, 0.1) is 11.0 Å². The minimum absolute atomic E-state index is 0.702. The van der Waals surface area contributed by atoms with E-state index in [1.165, 1.54) is 8.48 Å². The lowest BCUT2D eigenvalue weighted by Crippen LogP contribution is -2.06. The van der Waals surface area contributed by atoms with Crippen LogP contribution in [0, 0.1) is 9.49 Å². The van der Waals surface area contributed by atoms with Crippen LogP contribution < -0.4 is 0 Å². The van der Waals surface area contributed by atoms with Gasteiger partial charge in [0, 0.05) is 13.7 Å². The number of aromatic amines is 1. The molecule has 1 atom stereocenters. The van der Waals surface area contributed by atoms with Gasteiger partial charge in [0.15, 0.2) is 0 Å². The zero-order valence-electron chi connectivity index (χ0n) is 10.4. The van der Waals surface area contributed by atoms with Crippen LogP contribution >= 0.6 is 34.4 Å². The molecule has 1 N–H and O–H groups in total. The molecule has 1 aromatic heterocycles. The molecule has 1 aliphatic heterocycles. The van der Waals surface area contributed by atoms with Crippen LogP contribution in [0.25, 0.3) is 15.9 Å². The van der Waals surface area contributed by atoms with Gasteiger partial charge in [-0.2, -0.15) is 0 Å². The summed E-state index contributed by atoms with van der Waals surface area (Å²) in [7, 11) is 0. The van der Waals surface area contributed by atoms with Crippen molar-refractivity contribution in [1.29, 1.82) is 0 Å². The minimum atomic E-state index is 0.702. The van der Waals surface area contributed by atoms with Crippen LogP contribution in [-0.2, 0) is 0 Å². The number of H-pyrrole nitrogens is 1. The number of hydrogen-bond donors (Lipinski definition) is 1. The molecule has 0 bridgehead atoms. The van der Waals surface area contributed by atoms with E-state index in [2.05, 4.69) is 70.7 Å². The molecule has 0 amide bonds. The van der Waals surface area contributed by atoms with Crippen molar-refractivity contribution in [3.8, 4) is 0 Å². The minimum Gasteiger partial charge on any atom is -0.337 e. The zero-order chi connectivity index (χ0) is 12.7. The van der Waals surface area contributed by atoms with Crippen LogP contribution in [0.15, 0.2) is 24.3 Å². The predicted octanol–water partition coefficient (Wildman–Crippen LogP) is 4.67. The van der Waals surface area contributed by atoms with E-state index in [-0.39, 0.29) is 0 Å². The maximum atomic E-state index is 4.68. The van der Waals surface area contributed by atoms with Crippen molar-refractivity contribution >= 4 is 50.3 Å². The molecule has 2 nitrogen and oxygen atoms in total. The van der Waals surface area contributed by atoms with E-state index in [1.54, 1.807) is 0 Å². The maximum Gasteiger partial charge on any atom is 0.144 e. The first kappa shape index (κ1) is 12.5. The fourth-order valence-corrected chi connectivity index (χ4v) is 3.82. The molecule has 1 unspecified atom stereocenters. The van der Waals surface area contributed by atoms with Gasteiger partial charge in [0.1, 0.15) is 5.82 Å². The fourth-order valence-electron chi connectivity index (χ4n) is 2.14. The molecular weight excluding hydrogens is 355 g/mol. The van der Waals surface area contributed by atoms with Crippen LogP contribution in [0.5, 0.6) is 0 Å². The molecule has 2 aromatic rings. The van der Waals surface area contributed by atoms with Crippen molar-refractivity contribution in [2.75, 3.05) is 0 Å². The van der Waals surface area contributed by atoms with Gasteiger partial charge in [0.2, 0.25) is 0 Å². The van der Waals surface area contributed by atoms with Crippen molar-refractivity contribution in [2.24, 2.45) is 5.92 Å². The summed E-state index contributed by atoms with van der Waals surface area (Å²) in [6.45, 7) is 4.57. The highest BCUT2D eigenvalue weighted by atomic mass is 127. The van der Waals surface area contributed by atoms with E-state index in [1.807, 2.05) is 11.8 Å². The standard InChI is InChI=1S/C14H15IN2S/c1-8(2)12-5-6-13(18-12)14-16-10-4-3-9(15)7-11(10)17-14/h3-4,6-8,12H,5H2,1-2H3,(H,16,17). The summed E-state index contributed by atoms with van der Waals surface area (Å²) in [5.74, 6) is 1.74. The van der Waals surface area contributed by atoms with Gasteiger partial charge in [-0.25, -0.2) is 4.98 Å². The lowest BCUT2D eigenvalue weighted by atomic mass is 10.1. The van der Waals surface area contributed by atoms with Gasteiger partial charge >= 0.3 is 0 Å². The average molecular weight is 370 g/mol. The Morgan fingerprint density at radius 2 is 2.28 bits per heavy atom. The molecule has 4 heteroatoms. The molecule has 0 spiro atoms. The van der Waals surface area contributed by atoms with E-state index in [0.717, 1.165) is 23.3 Å². The predicted molar refractivity (Wildman–Crippen MR) is 87.6 cm³/mol. The van der Waals surface area contributed by atoms with Crippen molar-refractivity contribution in [2.45, 2.75) is 25.5 Å². The topological polar surface area (TPSA) is 28.7 Å². The number of fused-ring (bicyclic) bond motifs is 1. The molecule has 0 saturated heterocycles. The first-order valence-corrected chi connectivity index (χ1v) is 8.12. The second-order valence-electron chi connectivity index (χ2n) is 4.95. The molecular formula is C14H15IN2S. The Kier molecular flexibility index (Phi) is 3.40. The summed E-state index contributed by atoms with van der Waals surface area (Å²) in [4.78, 5) is 9.42. The van der Waals surface area contributed by atoms with Gasteiger partial charge in [0.25, 0.3) is 0 Å². The Morgan fingerprint density at radius 3 is 3.00 bits per heavy atom. The number of imidazole rings is 1. The molecule has 18 heavy (non-hydrogen) atoms. The van der Waals surface area contributed by atoms with E-state index >= 15 is 0 Å². The zero-order valence-corrected chi connectivity index (χ0v) is 13.4. The number of hydrogen-bond acceptors (Lipinski definition) is 2. The van der Waals surface area contributed by atoms with Crippen LogP contribution in [0.4, 0.5) is 0 Å². The molecule has 0 saturated carbocycles. The fraction of sp³-hybridized carbons (Fsp3) is 0.357. The molecule has 1 aliphatic rings. The number of thioether (sulfide) groups is 1. The lowest BCUT2D eigenvalue weighted by Gasteiger charge is -2.12. The molecule has 94 valence electrons. The summed E-state index contributed by atoms with van der Waals surface area (Å²) >= 11 is 4.29. The van der Waals surface area contributed by atoms with E-state index in [4.69, 9.17) is 0 Å². The summed E-state index contributed by atoms with van der Waals surface area (Å²) in [5, 5.41) is 0.702. The van der Waals surface area contributed by atoms with Gasteiger partial charge in [-0.05, 0) is 53.1 Å². The first-order chi connectivity index (χ1) is 8.63. The number of nitrogens with one attached hydrogen (secondary N) is 1. The number of benzene rings is 1. The van der Waals surface area contributed by atoms with Gasteiger partial charge < -0.3 is 4.98 Å².